The first-order valence-electron chi connectivity index (χ1n) is 6.99. The van der Waals surface area contributed by atoms with Crippen LogP contribution in [0.4, 0.5) is 11.4 Å². The van der Waals surface area contributed by atoms with E-state index in [1.165, 1.54) is 18.2 Å². The third-order valence-corrected chi connectivity index (χ3v) is 6.47. The van der Waals surface area contributed by atoms with E-state index in [0.717, 1.165) is 11.3 Å². The van der Waals surface area contributed by atoms with Crippen molar-refractivity contribution in [2.24, 2.45) is 0 Å². The summed E-state index contributed by atoms with van der Waals surface area (Å²) < 4.78 is 27.5. The molecule has 0 spiro atoms. The Labute approximate surface area is 152 Å². The van der Waals surface area contributed by atoms with Crippen molar-refractivity contribution in [1.82, 2.24) is 0 Å². The highest BCUT2D eigenvalue weighted by atomic mass is 35.5. The molecule has 6 nitrogen and oxygen atoms in total. The third kappa shape index (κ3) is 3.81. The lowest BCUT2D eigenvalue weighted by molar-refractivity contribution is -0.384. The van der Waals surface area contributed by atoms with Crippen molar-refractivity contribution < 1.29 is 13.3 Å². The molecular formula is C16H11ClN2O4S2. The Morgan fingerprint density at radius 3 is 2.28 bits per heavy atom. The molecule has 0 amide bonds. The summed E-state index contributed by atoms with van der Waals surface area (Å²) in [5, 5.41) is 11.1. The molecular weight excluding hydrogens is 384 g/mol. The fraction of sp³-hybridized carbons (Fsp3) is 0. The number of nitrogens with one attached hydrogen (secondary N) is 1. The Bertz CT molecular complexity index is 1030. The Morgan fingerprint density at radius 2 is 1.68 bits per heavy atom. The molecule has 0 radical (unpaired) electrons. The first kappa shape index (κ1) is 17.4. The normalized spacial score (nSPS) is 11.2. The van der Waals surface area contributed by atoms with Crippen molar-refractivity contribution in [3.05, 3.63) is 75.1 Å². The maximum absolute atomic E-state index is 12.3. The second-order valence-electron chi connectivity index (χ2n) is 5.02. The zero-order valence-corrected chi connectivity index (χ0v) is 14.9. The monoisotopic (exact) mass is 394 g/mol. The molecule has 25 heavy (non-hydrogen) atoms. The average Bonchev–Trinajstić information content (AvgIpc) is 3.03. The van der Waals surface area contributed by atoms with Crippen LogP contribution in [0.15, 0.2) is 64.9 Å². The number of para-hydroxylation sites is 1. The first-order chi connectivity index (χ1) is 11.9. The highest BCUT2D eigenvalue weighted by Crippen LogP contribution is 2.31. The van der Waals surface area contributed by atoms with Crippen LogP contribution in [0.2, 0.25) is 4.34 Å². The number of hydrogen-bond acceptors (Lipinski definition) is 5. The van der Waals surface area contributed by atoms with E-state index in [2.05, 4.69) is 4.72 Å². The quantitative estimate of drug-likeness (QED) is 0.498. The van der Waals surface area contributed by atoms with Crippen LogP contribution in [0.5, 0.6) is 0 Å². The molecule has 1 N–H and O–H groups in total. The standard InChI is InChI=1S/C16H11ClN2O4S2/c17-15-9-10-16(24-15)25(22,23)18-12-7-5-11(6-8-12)13-3-1-2-4-14(13)19(20)21/h1-10,18H. The molecule has 0 saturated carbocycles. The summed E-state index contributed by atoms with van der Waals surface area (Å²) in [4.78, 5) is 10.7. The number of halogens is 1. The first-order valence-corrected chi connectivity index (χ1v) is 9.66. The fourth-order valence-electron chi connectivity index (χ4n) is 2.24. The van der Waals surface area contributed by atoms with Crippen LogP contribution >= 0.6 is 22.9 Å². The van der Waals surface area contributed by atoms with E-state index in [4.69, 9.17) is 11.6 Å². The molecule has 2 aromatic carbocycles. The summed E-state index contributed by atoms with van der Waals surface area (Å²) in [6, 6.07) is 15.7. The van der Waals surface area contributed by atoms with E-state index < -0.39 is 14.9 Å². The number of nitrogens with zero attached hydrogens (tertiary/aromatic N) is 1. The summed E-state index contributed by atoms with van der Waals surface area (Å²) in [5.41, 5.74) is 1.43. The number of hydrogen-bond donors (Lipinski definition) is 1. The van der Waals surface area contributed by atoms with Gasteiger partial charge in [0.1, 0.15) is 4.21 Å². The van der Waals surface area contributed by atoms with Crippen LogP contribution in [-0.2, 0) is 10.0 Å². The van der Waals surface area contributed by atoms with Gasteiger partial charge in [0, 0.05) is 11.8 Å². The lowest BCUT2D eigenvalue weighted by atomic mass is 10.0. The predicted molar refractivity (Wildman–Crippen MR) is 98.7 cm³/mol. The SMILES string of the molecule is O=[N+]([O-])c1ccccc1-c1ccc(NS(=O)(=O)c2ccc(Cl)s2)cc1. The molecule has 0 fully saturated rings. The number of anilines is 1. The van der Waals surface area contributed by atoms with Crippen molar-refractivity contribution >= 4 is 44.3 Å². The van der Waals surface area contributed by atoms with E-state index in [-0.39, 0.29) is 9.90 Å². The summed E-state index contributed by atoms with van der Waals surface area (Å²) in [6.07, 6.45) is 0. The van der Waals surface area contributed by atoms with Crippen LogP contribution in [0.25, 0.3) is 11.1 Å². The third-order valence-electron chi connectivity index (χ3n) is 3.36. The van der Waals surface area contributed by atoms with Gasteiger partial charge >= 0.3 is 0 Å². The highest BCUT2D eigenvalue weighted by molar-refractivity contribution is 7.94. The van der Waals surface area contributed by atoms with Crippen molar-refractivity contribution in [3.8, 4) is 11.1 Å². The maximum Gasteiger partial charge on any atom is 0.277 e. The van der Waals surface area contributed by atoms with Gasteiger partial charge in [0.2, 0.25) is 0 Å². The molecule has 0 aliphatic carbocycles. The molecule has 128 valence electrons. The summed E-state index contributed by atoms with van der Waals surface area (Å²) in [5.74, 6) is 0. The van der Waals surface area contributed by atoms with Crippen molar-refractivity contribution in [3.63, 3.8) is 0 Å². The highest BCUT2D eigenvalue weighted by Gasteiger charge is 2.17. The van der Waals surface area contributed by atoms with Crippen molar-refractivity contribution in [2.75, 3.05) is 4.72 Å². The van der Waals surface area contributed by atoms with Crippen LogP contribution in [-0.4, -0.2) is 13.3 Å². The summed E-state index contributed by atoms with van der Waals surface area (Å²) in [6.45, 7) is 0. The second-order valence-corrected chi connectivity index (χ2v) is 8.64. The van der Waals surface area contributed by atoms with E-state index in [9.17, 15) is 18.5 Å². The topological polar surface area (TPSA) is 89.3 Å². The van der Waals surface area contributed by atoms with Crippen LogP contribution < -0.4 is 4.72 Å². The van der Waals surface area contributed by atoms with Gasteiger partial charge in [0.05, 0.1) is 14.8 Å². The fourth-order valence-corrected chi connectivity index (χ4v) is 4.78. The number of rotatable bonds is 5. The Balaban J connectivity index is 1.88. The van der Waals surface area contributed by atoms with Gasteiger partial charge in [0.25, 0.3) is 15.7 Å². The Morgan fingerprint density at radius 1 is 1.00 bits per heavy atom. The predicted octanol–water partition coefficient (Wildman–Crippen LogP) is 4.78. The van der Waals surface area contributed by atoms with Crippen molar-refractivity contribution in [1.29, 1.82) is 0 Å². The van der Waals surface area contributed by atoms with E-state index >= 15 is 0 Å². The molecule has 3 aromatic rings. The molecule has 1 heterocycles. The minimum Gasteiger partial charge on any atom is -0.279 e. The van der Waals surface area contributed by atoms with Crippen LogP contribution in [0.1, 0.15) is 0 Å². The summed E-state index contributed by atoms with van der Waals surface area (Å²) in [7, 11) is -3.72. The molecule has 0 bridgehead atoms. The number of nitro benzene ring substituents is 1. The van der Waals surface area contributed by atoms with Gasteiger partial charge in [-0.25, -0.2) is 8.42 Å². The number of nitro groups is 1. The van der Waals surface area contributed by atoms with Gasteiger partial charge in [-0.2, -0.15) is 0 Å². The average molecular weight is 395 g/mol. The van der Waals surface area contributed by atoms with Gasteiger partial charge in [-0.15, -0.1) is 11.3 Å². The minimum atomic E-state index is -3.72. The maximum atomic E-state index is 12.3. The van der Waals surface area contributed by atoms with E-state index in [1.54, 1.807) is 42.5 Å². The molecule has 0 atom stereocenters. The van der Waals surface area contributed by atoms with Gasteiger partial charge in [-0.3, -0.25) is 14.8 Å². The molecule has 9 heteroatoms. The van der Waals surface area contributed by atoms with Gasteiger partial charge in [0.15, 0.2) is 0 Å². The molecule has 1 aromatic heterocycles. The van der Waals surface area contributed by atoms with E-state index in [0.29, 0.717) is 21.2 Å². The lowest BCUT2D eigenvalue weighted by Gasteiger charge is -2.08. The Hall–Kier alpha value is -2.42. The van der Waals surface area contributed by atoms with Gasteiger partial charge < -0.3 is 0 Å². The minimum absolute atomic E-state index is 0.0101. The molecule has 0 unspecified atom stereocenters. The Kier molecular flexibility index (Phi) is 4.76. The van der Waals surface area contributed by atoms with E-state index in [1.807, 2.05) is 0 Å². The van der Waals surface area contributed by atoms with Crippen molar-refractivity contribution in [2.45, 2.75) is 4.21 Å². The van der Waals surface area contributed by atoms with Gasteiger partial charge in [-0.1, -0.05) is 35.9 Å². The smallest absolute Gasteiger partial charge is 0.277 e. The largest absolute Gasteiger partial charge is 0.279 e. The number of sulfonamides is 1. The lowest BCUT2D eigenvalue weighted by Crippen LogP contribution is -2.11. The number of benzene rings is 2. The summed E-state index contributed by atoms with van der Waals surface area (Å²) >= 11 is 6.73. The molecule has 0 aliphatic rings. The zero-order chi connectivity index (χ0) is 18.0. The molecule has 0 saturated heterocycles. The number of thiophene rings is 1. The van der Waals surface area contributed by atoms with Crippen LogP contribution in [0.3, 0.4) is 0 Å². The zero-order valence-electron chi connectivity index (χ0n) is 12.5. The molecule has 3 rings (SSSR count). The van der Waals surface area contributed by atoms with Crippen LogP contribution in [0, 0.1) is 10.1 Å². The van der Waals surface area contributed by atoms with Gasteiger partial charge in [-0.05, 0) is 35.9 Å². The second kappa shape index (κ2) is 6.83. The molecule has 0 aliphatic heterocycles.